The molecular formula is C30H57N9O4. The van der Waals surface area contributed by atoms with E-state index in [0.29, 0.717) is 57.5 Å². The number of carbonyl (C=O) groups excluding carboxylic acids is 4. The Morgan fingerprint density at radius 3 is 1.74 bits per heavy atom. The molecule has 2 aliphatic carbocycles. The van der Waals surface area contributed by atoms with Gasteiger partial charge in [0.25, 0.3) is 0 Å². The van der Waals surface area contributed by atoms with Crippen LogP contribution < -0.4 is 44.2 Å². The summed E-state index contributed by atoms with van der Waals surface area (Å²) >= 11 is 0. The fourth-order valence-corrected chi connectivity index (χ4v) is 6.28. The van der Waals surface area contributed by atoms with Crippen LogP contribution in [0.2, 0.25) is 0 Å². The zero-order chi connectivity index (χ0) is 31.6. The summed E-state index contributed by atoms with van der Waals surface area (Å²) in [5.41, 5.74) is 22.8. The second-order valence-electron chi connectivity index (χ2n) is 12.4. The number of nitrogens with two attached hydrogens (primary N) is 4. The van der Waals surface area contributed by atoms with Gasteiger partial charge < -0.3 is 44.2 Å². The third-order valence-electron chi connectivity index (χ3n) is 8.80. The van der Waals surface area contributed by atoms with E-state index in [0.717, 1.165) is 57.8 Å². The van der Waals surface area contributed by atoms with Crippen LogP contribution in [-0.4, -0.2) is 66.8 Å². The van der Waals surface area contributed by atoms with E-state index < -0.39 is 47.8 Å². The Balaban J connectivity index is 2.14. The lowest BCUT2D eigenvalue weighted by Gasteiger charge is -2.29. The molecule has 13 N–H and O–H groups in total. The monoisotopic (exact) mass is 607 g/mol. The lowest BCUT2D eigenvalue weighted by atomic mass is 9.84. The van der Waals surface area contributed by atoms with E-state index in [4.69, 9.17) is 28.3 Å². The van der Waals surface area contributed by atoms with E-state index in [9.17, 15) is 19.2 Å². The average Bonchev–Trinajstić information content (AvgIpc) is 2.98. The van der Waals surface area contributed by atoms with Crippen molar-refractivity contribution in [3.63, 3.8) is 0 Å². The van der Waals surface area contributed by atoms with E-state index in [1.54, 1.807) is 0 Å². The lowest BCUT2D eigenvalue weighted by Crippen LogP contribution is -2.58. The Kier molecular flexibility index (Phi) is 17.0. The Hall–Kier alpha value is -2.93. The molecule has 0 unspecified atom stereocenters. The Bertz CT molecular complexity index is 891. The number of carbonyl (C=O) groups is 4. The van der Waals surface area contributed by atoms with Gasteiger partial charge in [0.05, 0.1) is 6.04 Å². The largest absolute Gasteiger partial charge is 0.370 e. The van der Waals surface area contributed by atoms with Gasteiger partial charge in [0, 0.05) is 6.54 Å². The van der Waals surface area contributed by atoms with E-state index >= 15 is 0 Å². The molecule has 0 aromatic carbocycles. The van der Waals surface area contributed by atoms with Gasteiger partial charge in [-0.25, -0.2) is 0 Å². The number of hydrogen-bond acceptors (Lipinski definition) is 7. The lowest BCUT2D eigenvalue weighted by molar-refractivity contribution is -0.134. The fourth-order valence-electron chi connectivity index (χ4n) is 6.28. The molecule has 0 heterocycles. The van der Waals surface area contributed by atoms with Crippen LogP contribution in [0.1, 0.15) is 109 Å². The fraction of sp³-hybridized carbons (Fsp3) is 0.833. The second kappa shape index (κ2) is 20.1. The number of amides is 4. The molecule has 0 saturated heterocycles. The molecule has 0 spiro atoms. The highest BCUT2D eigenvalue weighted by Gasteiger charge is 2.32. The van der Waals surface area contributed by atoms with E-state index in [2.05, 4.69) is 21.3 Å². The van der Waals surface area contributed by atoms with Crippen molar-refractivity contribution in [1.82, 2.24) is 21.3 Å². The van der Waals surface area contributed by atoms with Gasteiger partial charge in [-0.3, -0.25) is 24.6 Å². The van der Waals surface area contributed by atoms with E-state index in [-0.39, 0.29) is 18.3 Å². The highest BCUT2D eigenvalue weighted by atomic mass is 16.2. The maximum atomic E-state index is 13.7. The number of rotatable bonds is 19. The number of nitrogens with one attached hydrogen (secondary N) is 5. The highest BCUT2D eigenvalue weighted by Crippen LogP contribution is 2.28. The Labute approximate surface area is 256 Å². The summed E-state index contributed by atoms with van der Waals surface area (Å²) in [7, 11) is 0. The molecule has 4 amide bonds. The predicted molar refractivity (Wildman–Crippen MR) is 167 cm³/mol. The molecule has 0 aromatic rings. The van der Waals surface area contributed by atoms with Crippen molar-refractivity contribution in [2.24, 2.45) is 34.8 Å². The molecule has 4 atom stereocenters. The van der Waals surface area contributed by atoms with Crippen LogP contribution in [0.25, 0.3) is 0 Å². The van der Waals surface area contributed by atoms with Gasteiger partial charge in [0.1, 0.15) is 18.1 Å². The van der Waals surface area contributed by atoms with Crippen molar-refractivity contribution in [1.29, 1.82) is 5.41 Å². The predicted octanol–water partition coefficient (Wildman–Crippen LogP) is 0.586. The molecule has 13 nitrogen and oxygen atoms in total. The van der Waals surface area contributed by atoms with Crippen LogP contribution in [0.4, 0.5) is 0 Å². The first-order chi connectivity index (χ1) is 20.6. The molecule has 0 radical (unpaired) electrons. The molecule has 2 fully saturated rings. The van der Waals surface area contributed by atoms with Gasteiger partial charge in [-0.2, -0.15) is 0 Å². The van der Waals surface area contributed by atoms with Gasteiger partial charge in [-0.05, 0) is 63.3 Å². The van der Waals surface area contributed by atoms with Crippen LogP contribution in [0.15, 0.2) is 0 Å². The standard InChI is InChI=1S/C30H57N9O4/c31-16-8-7-14-23(26(33)40)37-29(43)25(19-21-12-5-2-6-13-21)39-28(42)24(15-9-17-36-30(34)35)38-27(41)22(32)18-20-10-3-1-4-11-20/h20-25H,1-19,31-32H2,(H2,33,40)(H,37,43)(H,38,41)(H,39,42)(H4,34,35,36)/t22-,23-,24+,25-/m0/s1. The molecule has 2 aliphatic rings. The minimum absolute atomic E-state index is 0.181. The number of hydrogen-bond donors (Lipinski definition) is 9. The maximum absolute atomic E-state index is 13.7. The molecule has 2 rings (SSSR count). The molecule has 43 heavy (non-hydrogen) atoms. The molecule has 0 aliphatic heterocycles. The summed E-state index contributed by atoms with van der Waals surface area (Å²) in [5, 5.41) is 18.6. The van der Waals surface area contributed by atoms with Gasteiger partial charge >= 0.3 is 0 Å². The molecular weight excluding hydrogens is 550 g/mol. The van der Waals surface area contributed by atoms with Crippen molar-refractivity contribution in [3.05, 3.63) is 0 Å². The molecule has 13 heteroatoms. The smallest absolute Gasteiger partial charge is 0.243 e. The van der Waals surface area contributed by atoms with Gasteiger partial charge in [-0.15, -0.1) is 0 Å². The molecule has 0 bridgehead atoms. The minimum atomic E-state index is -0.934. The molecule has 0 aromatic heterocycles. The zero-order valence-electron chi connectivity index (χ0n) is 25.8. The van der Waals surface area contributed by atoms with Crippen molar-refractivity contribution < 1.29 is 19.2 Å². The van der Waals surface area contributed by atoms with Crippen molar-refractivity contribution in [2.45, 2.75) is 133 Å². The second-order valence-corrected chi connectivity index (χ2v) is 12.4. The summed E-state index contributed by atoms with van der Waals surface area (Å²) in [6.45, 7) is 0.817. The first-order valence-corrected chi connectivity index (χ1v) is 16.3. The summed E-state index contributed by atoms with van der Waals surface area (Å²) in [5.74, 6) is -1.52. The number of guanidine groups is 1. The normalized spacial score (nSPS) is 18.9. The zero-order valence-corrected chi connectivity index (χ0v) is 25.8. The summed E-state index contributed by atoms with van der Waals surface area (Å²) in [6.07, 6.45) is 14.2. The molecule has 246 valence electrons. The van der Waals surface area contributed by atoms with Gasteiger partial charge in [-0.1, -0.05) is 64.2 Å². The molecule has 2 saturated carbocycles. The number of primary amides is 1. The van der Waals surface area contributed by atoms with E-state index in [1.165, 1.54) is 6.42 Å². The van der Waals surface area contributed by atoms with Crippen molar-refractivity contribution >= 4 is 29.6 Å². The summed E-state index contributed by atoms with van der Waals surface area (Å²) in [4.78, 5) is 52.4. The third kappa shape index (κ3) is 14.4. The summed E-state index contributed by atoms with van der Waals surface area (Å²) in [6, 6.07) is -3.43. The van der Waals surface area contributed by atoms with Crippen LogP contribution in [0.5, 0.6) is 0 Å². The van der Waals surface area contributed by atoms with Crippen molar-refractivity contribution in [3.8, 4) is 0 Å². The van der Waals surface area contributed by atoms with Gasteiger partial charge in [0.15, 0.2) is 5.96 Å². The van der Waals surface area contributed by atoms with Gasteiger partial charge in [0.2, 0.25) is 23.6 Å². The van der Waals surface area contributed by atoms with Crippen LogP contribution in [0, 0.1) is 17.2 Å². The van der Waals surface area contributed by atoms with Crippen molar-refractivity contribution in [2.75, 3.05) is 13.1 Å². The number of unbranched alkanes of at least 4 members (excludes halogenated alkanes) is 1. The highest BCUT2D eigenvalue weighted by molar-refractivity contribution is 5.94. The Morgan fingerprint density at radius 2 is 1.19 bits per heavy atom. The SMILES string of the molecule is N=C(N)NCCC[C@@H](NC(=O)[C@@H](N)CC1CCCCC1)C(=O)N[C@@H](CC1CCCCC1)C(=O)N[C@@H](CCCCN)C(N)=O. The Morgan fingerprint density at radius 1 is 0.674 bits per heavy atom. The quantitative estimate of drug-likeness (QED) is 0.0570. The minimum Gasteiger partial charge on any atom is -0.370 e. The maximum Gasteiger partial charge on any atom is 0.243 e. The first-order valence-electron chi connectivity index (χ1n) is 16.3. The van der Waals surface area contributed by atoms with Crippen LogP contribution >= 0.6 is 0 Å². The average molecular weight is 608 g/mol. The topological polar surface area (TPSA) is 244 Å². The van der Waals surface area contributed by atoms with Crippen LogP contribution in [-0.2, 0) is 19.2 Å². The van der Waals surface area contributed by atoms with Crippen LogP contribution in [0.3, 0.4) is 0 Å². The first kappa shape index (κ1) is 36.3. The third-order valence-corrected chi connectivity index (χ3v) is 8.80. The summed E-state index contributed by atoms with van der Waals surface area (Å²) < 4.78 is 0. The van der Waals surface area contributed by atoms with E-state index in [1.807, 2.05) is 0 Å².